The molecule has 0 bridgehead atoms. The number of carbonyl (C=O) groups excluding carboxylic acids is 5. The smallest absolute Gasteiger partial charge is 0.261 e. The second-order valence-electron chi connectivity index (χ2n) is 8.20. The first-order valence-electron chi connectivity index (χ1n) is 10.9. The summed E-state index contributed by atoms with van der Waals surface area (Å²) in [6, 6.07) is 10.7. The topological polar surface area (TPSA) is 130 Å². The highest BCUT2D eigenvalue weighted by Gasteiger charge is 2.38. The lowest BCUT2D eigenvalue weighted by Crippen LogP contribution is -2.37. The van der Waals surface area contributed by atoms with Crippen molar-refractivity contribution in [1.29, 1.82) is 0 Å². The lowest BCUT2D eigenvalue weighted by atomic mass is 10.1. The summed E-state index contributed by atoms with van der Waals surface area (Å²) in [7, 11) is 0. The van der Waals surface area contributed by atoms with Gasteiger partial charge in [-0.05, 0) is 43.7 Å². The molecule has 11 heteroatoms. The molecule has 35 heavy (non-hydrogen) atoms. The third-order valence-electron chi connectivity index (χ3n) is 6.07. The summed E-state index contributed by atoms with van der Waals surface area (Å²) < 4.78 is 0. The third-order valence-corrected chi connectivity index (χ3v) is 6.89. The molecule has 0 saturated carbocycles. The number of rotatable bonds is 6. The normalized spacial score (nSPS) is 15.5. The van der Waals surface area contributed by atoms with E-state index in [0.717, 1.165) is 16.2 Å². The number of hydrogen-bond donors (Lipinski definition) is 1. The second kappa shape index (κ2) is 8.51. The van der Waals surface area contributed by atoms with E-state index in [4.69, 9.17) is 0 Å². The van der Waals surface area contributed by atoms with Crippen molar-refractivity contribution in [3.63, 3.8) is 0 Å². The zero-order valence-electron chi connectivity index (χ0n) is 18.8. The maximum Gasteiger partial charge on any atom is 0.261 e. The number of carbonyl (C=O) groups is 5. The molecule has 2 aliphatic rings. The van der Waals surface area contributed by atoms with Crippen molar-refractivity contribution in [2.45, 2.75) is 32.9 Å². The summed E-state index contributed by atoms with van der Waals surface area (Å²) in [6.45, 7) is 3.61. The van der Waals surface area contributed by atoms with Crippen LogP contribution in [-0.4, -0.2) is 55.6 Å². The van der Waals surface area contributed by atoms with Crippen molar-refractivity contribution in [2.24, 2.45) is 0 Å². The van der Waals surface area contributed by atoms with Gasteiger partial charge in [0.15, 0.2) is 0 Å². The molecule has 10 nitrogen and oxygen atoms in total. The summed E-state index contributed by atoms with van der Waals surface area (Å²) in [4.78, 5) is 65.5. The molecule has 3 aromatic rings. The van der Waals surface area contributed by atoms with Crippen LogP contribution >= 0.6 is 11.3 Å². The molecule has 1 aromatic heterocycles. The van der Waals surface area contributed by atoms with Crippen LogP contribution < -0.4 is 5.32 Å². The van der Waals surface area contributed by atoms with Crippen LogP contribution in [-0.2, 0) is 6.54 Å². The van der Waals surface area contributed by atoms with E-state index in [-0.39, 0.29) is 40.3 Å². The van der Waals surface area contributed by atoms with E-state index in [1.165, 1.54) is 23.1 Å². The molecule has 1 N–H and O–H groups in total. The Morgan fingerprint density at radius 1 is 0.914 bits per heavy atom. The fourth-order valence-corrected chi connectivity index (χ4v) is 4.76. The molecule has 0 saturated heterocycles. The van der Waals surface area contributed by atoms with E-state index < -0.39 is 23.6 Å². The highest BCUT2D eigenvalue weighted by Crippen LogP contribution is 2.28. The van der Waals surface area contributed by atoms with Gasteiger partial charge >= 0.3 is 0 Å². The molecule has 1 unspecified atom stereocenters. The molecule has 2 aromatic carbocycles. The molecule has 176 valence electrons. The van der Waals surface area contributed by atoms with Crippen LogP contribution in [0.2, 0.25) is 0 Å². The molecule has 0 radical (unpaired) electrons. The number of benzene rings is 2. The average Bonchev–Trinajstić information content (AvgIpc) is 3.49. The van der Waals surface area contributed by atoms with Crippen LogP contribution in [0.5, 0.6) is 0 Å². The molecule has 3 heterocycles. The van der Waals surface area contributed by atoms with Gasteiger partial charge in [0, 0.05) is 11.6 Å². The van der Waals surface area contributed by atoms with Gasteiger partial charge in [-0.15, -0.1) is 10.2 Å². The molecule has 5 amide bonds. The Hall–Kier alpha value is -4.25. The van der Waals surface area contributed by atoms with Crippen molar-refractivity contribution in [1.82, 2.24) is 20.0 Å². The number of aromatic nitrogens is 2. The first-order chi connectivity index (χ1) is 16.8. The number of hydrogen-bond acceptors (Lipinski definition) is 8. The molecular weight excluding hydrogens is 470 g/mol. The van der Waals surface area contributed by atoms with Gasteiger partial charge in [-0.1, -0.05) is 30.4 Å². The third kappa shape index (κ3) is 3.69. The number of nitrogens with one attached hydrogen (secondary N) is 1. The van der Waals surface area contributed by atoms with Gasteiger partial charge in [0.25, 0.3) is 29.5 Å². The van der Waals surface area contributed by atoms with Gasteiger partial charge < -0.3 is 0 Å². The summed E-state index contributed by atoms with van der Waals surface area (Å²) in [5.41, 5.74) is 1.32. The molecule has 0 aliphatic carbocycles. The maximum absolute atomic E-state index is 12.8. The summed E-state index contributed by atoms with van der Waals surface area (Å²) in [6.07, 6.45) is 0.624. The Morgan fingerprint density at radius 2 is 1.54 bits per heavy atom. The first kappa shape index (κ1) is 22.5. The Labute approximate surface area is 203 Å². The van der Waals surface area contributed by atoms with Crippen molar-refractivity contribution >= 4 is 46.0 Å². The van der Waals surface area contributed by atoms with Gasteiger partial charge in [-0.2, -0.15) is 0 Å². The van der Waals surface area contributed by atoms with Gasteiger partial charge in [-0.25, -0.2) is 0 Å². The Balaban J connectivity index is 1.29. The lowest BCUT2D eigenvalue weighted by Gasteiger charge is -2.20. The van der Waals surface area contributed by atoms with Gasteiger partial charge in [0.2, 0.25) is 5.13 Å². The van der Waals surface area contributed by atoms with Gasteiger partial charge in [-0.3, -0.25) is 39.1 Å². The summed E-state index contributed by atoms with van der Waals surface area (Å²) in [5.74, 6) is -2.13. The highest BCUT2D eigenvalue weighted by atomic mass is 32.1. The monoisotopic (exact) mass is 489 g/mol. The van der Waals surface area contributed by atoms with Gasteiger partial charge in [0.05, 0.1) is 28.8 Å². The number of anilines is 1. The van der Waals surface area contributed by atoms with Crippen molar-refractivity contribution in [3.8, 4) is 0 Å². The largest absolute Gasteiger partial charge is 0.296 e. The van der Waals surface area contributed by atoms with Crippen molar-refractivity contribution in [2.75, 3.05) is 5.32 Å². The van der Waals surface area contributed by atoms with E-state index in [0.29, 0.717) is 22.6 Å². The van der Waals surface area contributed by atoms with E-state index >= 15 is 0 Å². The number of nitrogens with zero attached hydrogens (tertiary/aromatic N) is 4. The van der Waals surface area contributed by atoms with Crippen LogP contribution in [0.25, 0.3) is 0 Å². The zero-order chi connectivity index (χ0) is 24.9. The van der Waals surface area contributed by atoms with E-state index in [9.17, 15) is 24.0 Å². The van der Waals surface area contributed by atoms with E-state index in [1.54, 1.807) is 31.2 Å². The fourth-order valence-electron chi connectivity index (χ4n) is 4.04. The Bertz CT molecular complexity index is 1400. The molecule has 1 atom stereocenters. The number of fused-ring (bicyclic) bond motifs is 2. The van der Waals surface area contributed by atoms with Crippen LogP contribution in [0.1, 0.15) is 77.1 Å². The Kier molecular flexibility index (Phi) is 5.48. The Morgan fingerprint density at radius 3 is 2.20 bits per heavy atom. The quantitative estimate of drug-likeness (QED) is 0.527. The van der Waals surface area contributed by atoms with E-state index in [1.807, 2.05) is 6.92 Å². The van der Waals surface area contributed by atoms with Crippen molar-refractivity contribution in [3.05, 3.63) is 75.3 Å². The molecule has 2 aliphatic heterocycles. The lowest BCUT2D eigenvalue weighted by molar-refractivity contribution is 0.0589. The second-order valence-corrected chi connectivity index (χ2v) is 9.26. The minimum atomic E-state index is -0.529. The van der Waals surface area contributed by atoms with Crippen molar-refractivity contribution < 1.29 is 24.0 Å². The predicted molar refractivity (Wildman–Crippen MR) is 125 cm³/mol. The van der Waals surface area contributed by atoms with Crippen LogP contribution in [0.3, 0.4) is 0 Å². The zero-order valence-corrected chi connectivity index (χ0v) is 19.6. The molecular formula is C24H19N5O5S. The maximum atomic E-state index is 12.8. The average molecular weight is 490 g/mol. The van der Waals surface area contributed by atoms with Crippen LogP contribution in [0.15, 0.2) is 42.5 Å². The minimum absolute atomic E-state index is 0.0687. The first-order valence-corrected chi connectivity index (χ1v) is 11.7. The summed E-state index contributed by atoms with van der Waals surface area (Å²) >= 11 is 1.03. The standard InChI is InChI=1S/C24H19N5O5S/c1-3-12(2)29-22(33)16-9-8-13(10-17(16)23(29)34)19(30)25-24-27-26-18(35-24)11-28-20(31)14-6-4-5-7-15(14)21(28)32/h4-10,12H,3,11H2,1-2H3,(H,25,27,30). The fraction of sp³-hybridized carbons (Fsp3) is 0.208. The SMILES string of the molecule is CCC(C)N1C(=O)c2ccc(C(=O)Nc3nnc(CN4C(=O)c5ccccc5C4=O)s3)cc2C1=O. The molecule has 5 rings (SSSR count). The molecule has 0 spiro atoms. The number of imide groups is 2. The van der Waals surface area contributed by atoms with Gasteiger partial charge in [0.1, 0.15) is 5.01 Å². The summed E-state index contributed by atoms with van der Waals surface area (Å²) in [5, 5.41) is 11.1. The highest BCUT2D eigenvalue weighted by molar-refractivity contribution is 7.15. The van der Waals surface area contributed by atoms with E-state index in [2.05, 4.69) is 15.5 Å². The minimum Gasteiger partial charge on any atom is -0.296 e. The predicted octanol–water partition coefficient (Wildman–Crippen LogP) is 2.98. The molecule has 0 fully saturated rings. The number of amides is 5. The van der Waals surface area contributed by atoms with Crippen LogP contribution in [0, 0.1) is 0 Å². The van der Waals surface area contributed by atoms with Crippen LogP contribution in [0.4, 0.5) is 5.13 Å².